The third-order valence-corrected chi connectivity index (χ3v) is 9.09. The number of ketones is 1. The summed E-state index contributed by atoms with van der Waals surface area (Å²) in [5, 5.41) is 10.1. The molecule has 0 aromatic heterocycles. The minimum Gasteiger partial charge on any atom is -0.466 e. The Kier molecular flexibility index (Phi) is 5.22. The Labute approximate surface area is 169 Å². The van der Waals surface area contributed by atoms with E-state index in [0.29, 0.717) is 24.4 Å². The Hall–Kier alpha value is -1.16. The molecule has 156 valence electrons. The molecule has 28 heavy (non-hydrogen) atoms. The number of hydrogen-bond acceptors (Lipinski definition) is 4. The van der Waals surface area contributed by atoms with E-state index in [4.69, 9.17) is 4.74 Å². The normalized spacial score (nSPS) is 44.7. The predicted octanol–water partition coefficient (Wildman–Crippen LogP) is 4.45. The fourth-order valence-electron chi connectivity index (χ4n) is 7.65. The molecule has 0 aromatic carbocycles. The third-order valence-electron chi connectivity index (χ3n) is 9.09. The zero-order chi connectivity index (χ0) is 20.1. The molecule has 4 heteroatoms. The van der Waals surface area contributed by atoms with Crippen LogP contribution in [-0.2, 0) is 14.3 Å². The van der Waals surface area contributed by atoms with Gasteiger partial charge in [0.1, 0.15) is 12.2 Å². The summed E-state index contributed by atoms with van der Waals surface area (Å²) < 4.78 is 5.02. The highest BCUT2D eigenvalue weighted by Gasteiger charge is 2.59. The van der Waals surface area contributed by atoms with E-state index in [1.165, 1.54) is 12.0 Å². The largest absolute Gasteiger partial charge is 0.466 e. The Morgan fingerprint density at radius 3 is 2.68 bits per heavy atom. The van der Waals surface area contributed by atoms with Crippen LogP contribution in [-0.4, -0.2) is 29.6 Å². The topological polar surface area (TPSA) is 63.6 Å². The van der Waals surface area contributed by atoms with Crippen molar-refractivity contribution in [3.8, 4) is 0 Å². The van der Waals surface area contributed by atoms with Gasteiger partial charge in [0.2, 0.25) is 0 Å². The number of fused-ring (bicyclic) bond motifs is 5. The molecule has 4 nitrogen and oxygen atoms in total. The summed E-state index contributed by atoms with van der Waals surface area (Å²) in [6.45, 7) is 6.87. The first-order valence-corrected chi connectivity index (χ1v) is 11.4. The van der Waals surface area contributed by atoms with E-state index in [1.807, 2.05) is 0 Å². The minimum atomic E-state index is -0.369. The molecule has 7 unspecified atom stereocenters. The number of rotatable bonds is 4. The Morgan fingerprint density at radius 2 is 1.93 bits per heavy atom. The highest BCUT2D eigenvalue weighted by Crippen LogP contribution is 2.66. The maximum Gasteiger partial charge on any atom is 0.313 e. The molecule has 7 atom stereocenters. The summed E-state index contributed by atoms with van der Waals surface area (Å²) in [4.78, 5) is 24.8. The van der Waals surface area contributed by atoms with Crippen LogP contribution < -0.4 is 0 Å². The van der Waals surface area contributed by atoms with Crippen molar-refractivity contribution in [2.24, 2.45) is 34.5 Å². The molecule has 0 amide bonds. The van der Waals surface area contributed by atoms with Crippen molar-refractivity contribution in [1.82, 2.24) is 0 Å². The van der Waals surface area contributed by atoms with Gasteiger partial charge in [-0.05, 0) is 86.9 Å². The van der Waals surface area contributed by atoms with Crippen molar-refractivity contribution in [2.45, 2.75) is 84.7 Å². The SMILES string of the molecule is CCOC(=O)CC(=O)C1CCC2C3CC=C4CC(O)CCC4(C)C3CCC12C. The van der Waals surface area contributed by atoms with E-state index in [-0.39, 0.29) is 41.0 Å². The van der Waals surface area contributed by atoms with Crippen molar-refractivity contribution in [3.63, 3.8) is 0 Å². The lowest BCUT2D eigenvalue weighted by Crippen LogP contribution is -2.51. The standard InChI is InChI=1S/C24H36O4/c1-4-28-22(27)14-21(26)20-8-7-18-17-6-5-15-13-16(25)9-11-23(15,2)19(17)10-12-24(18,20)3/h5,16-20,25H,4,6-14H2,1-3H3. The van der Waals surface area contributed by atoms with Gasteiger partial charge in [0.15, 0.2) is 0 Å². The summed E-state index contributed by atoms with van der Waals surface area (Å²) in [5.41, 5.74) is 1.75. The Balaban J connectivity index is 1.54. The number of carbonyl (C=O) groups is 2. The summed E-state index contributed by atoms with van der Waals surface area (Å²) in [6, 6.07) is 0. The number of carbonyl (C=O) groups excluding carboxylic acids is 2. The molecule has 0 aromatic rings. The maximum absolute atomic E-state index is 12.9. The van der Waals surface area contributed by atoms with Gasteiger partial charge >= 0.3 is 5.97 Å². The minimum absolute atomic E-state index is 0.00853. The van der Waals surface area contributed by atoms with E-state index in [9.17, 15) is 14.7 Å². The molecule has 4 rings (SSSR count). The van der Waals surface area contributed by atoms with Gasteiger partial charge < -0.3 is 9.84 Å². The van der Waals surface area contributed by atoms with E-state index < -0.39 is 0 Å². The molecule has 4 aliphatic carbocycles. The zero-order valence-corrected chi connectivity index (χ0v) is 17.7. The fraction of sp³-hybridized carbons (Fsp3) is 0.833. The van der Waals surface area contributed by atoms with Crippen LogP contribution in [0.1, 0.15) is 78.6 Å². The number of ether oxygens (including phenoxy) is 1. The number of aliphatic hydroxyl groups excluding tert-OH is 1. The Morgan fingerprint density at radius 1 is 1.14 bits per heavy atom. The van der Waals surface area contributed by atoms with Crippen LogP contribution in [0.25, 0.3) is 0 Å². The third kappa shape index (κ3) is 3.07. The second-order valence-corrected chi connectivity index (χ2v) is 10.3. The molecular formula is C24H36O4. The van der Waals surface area contributed by atoms with Crippen LogP contribution in [0.5, 0.6) is 0 Å². The van der Waals surface area contributed by atoms with Crippen molar-refractivity contribution < 1.29 is 19.4 Å². The fourth-order valence-corrected chi connectivity index (χ4v) is 7.65. The average Bonchev–Trinajstić information content (AvgIpc) is 3.00. The number of allylic oxidation sites excluding steroid dienone is 1. The molecule has 0 bridgehead atoms. The summed E-state index contributed by atoms with van der Waals surface area (Å²) in [5.74, 6) is 1.63. The maximum atomic E-state index is 12.9. The first kappa shape index (κ1) is 20.1. The molecular weight excluding hydrogens is 352 g/mol. The highest BCUT2D eigenvalue weighted by atomic mass is 16.5. The van der Waals surface area contributed by atoms with Crippen LogP contribution >= 0.6 is 0 Å². The van der Waals surface area contributed by atoms with Gasteiger partial charge in [0.25, 0.3) is 0 Å². The highest BCUT2D eigenvalue weighted by molar-refractivity contribution is 5.97. The number of Topliss-reactive ketones (excluding diaryl/α,β-unsaturated/α-hetero) is 1. The van der Waals surface area contributed by atoms with E-state index >= 15 is 0 Å². The van der Waals surface area contributed by atoms with Crippen LogP contribution in [0.3, 0.4) is 0 Å². The summed E-state index contributed by atoms with van der Waals surface area (Å²) >= 11 is 0. The average molecular weight is 389 g/mol. The zero-order valence-electron chi connectivity index (χ0n) is 17.7. The quantitative estimate of drug-likeness (QED) is 0.439. The lowest BCUT2D eigenvalue weighted by molar-refractivity contribution is -0.147. The monoisotopic (exact) mass is 388 g/mol. The van der Waals surface area contributed by atoms with Gasteiger partial charge in [-0.25, -0.2) is 0 Å². The second-order valence-electron chi connectivity index (χ2n) is 10.3. The van der Waals surface area contributed by atoms with E-state index in [1.54, 1.807) is 6.92 Å². The second kappa shape index (κ2) is 7.27. The first-order chi connectivity index (χ1) is 13.3. The Bertz CT molecular complexity index is 682. The lowest BCUT2D eigenvalue weighted by Gasteiger charge is -2.57. The summed E-state index contributed by atoms with van der Waals surface area (Å²) in [7, 11) is 0. The van der Waals surface area contributed by atoms with Gasteiger partial charge in [-0.1, -0.05) is 25.5 Å². The van der Waals surface area contributed by atoms with Gasteiger partial charge in [0.05, 0.1) is 12.7 Å². The van der Waals surface area contributed by atoms with Gasteiger partial charge in [-0.15, -0.1) is 0 Å². The van der Waals surface area contributed by atoms with Gasteiger partial charge in [-0.2, -0.15) is 0 Å². The number of aliphatic hydroxyl groups is 1. The smallest absolute Gasteiger partial charge is 0.313 e. The molecule has 0 aliphatic heterocycles. The lowest BCUT2D eigenvalue weighted by atomic mass is 9.47. The summed E-state index contributed by atoms with van der Waals surface area (Å²) in [6.07, 6.45) is 10.5. The van der Waals surface area contributed by atoms with E-state index in [0.717, 1.165) is 44.9 Å². The van der Waals surface area contributed by atoms with E-state index in [2.05, 4.69) is 19.9 Å². The van der Waals surface area contributed by atoms with Crippen LogP contribution in [0.2, 0.25) is 0 Å². The molecule has 3 fully saturated rings. The van der Waals surface area contributed by atoms with Crippen molar-refractivity contribution >= 4 is 11.8 Å². The molecule has 0 heterocycles. The van der Waals surface area contributed by atoms with Crippen molar-refractivity contribution in [3.05, 3.63) is 11.6 Å². The van der Waals surface area contributed by atoms with Crippen LogP contribution in [0.4, 0.5) is 0 Å². The van der Waals surface area contributed by atoms with Crippen molar-refractivity contribution in [2.75, 3.05) is 6.61 Å². The molecule has 0 saturated heterocycles. The van der Waals surface area contributed by atoms with Crippen molar-refractivity contribution in [1.29, 1.82) is 0 Å². The molecule has 3 saturated carbocycles. The van der Waals surface area contributed by atoms with Gasteiger partial charge in [-0.3, -0.25) is 9.59 Å². The van der Waals surface area contributed by atoms with Crippen LogP contribution in [0, 0.1) is 34.5 Å². The molecule has 0 spiro atoms. The molecule has 0 radical (unpaired) electrons. The van der Waals surface area contributed by atoms with Gasteiger partial charge in [0, 0.05) is 5.92 Å². The molecule has 4 aliphatic rings. The number of esters is 1. The predicted molar refractivity (Wildman–Crippen MR) is 107 cm³/mol. The number of hydrogen-bond donors (Lipinski definition) is 1. The molecule has 1 N–H and O–H groups in total. The van der Waals surface area contributed by atoms with Crippen LogP contribution in [0.15, 0.2) is 11.6 Å². The first-order valence-electron chi connectivity index (χ1n) is 11.4.